The molecule has 0 saturated carbocycles. The number of anilines is 2. The van der Waals surface area contributed by atoms with Gasteiger partial charge in [0.2, 0.25) is 0 Å². The van der Waals surface area contributed by atoms with Crippen LogP contribution in [-0.4, -0.2) is 0 Å². The quantitative estimate of drug-likeness (QED) is 0.211. The Labute approximate surface area is 251 Å². The van der Waals surface area contributed by atoms with Crippen molar-refractivity contribution in [2.75, 3.05) is 5.32 Å². The van der Waals surface area contributed by atoms with Crippen LogP contribution in [0.3, 0.4) is 0 Å². The van der Waals surface area contributed by atoms with Gasteiger partial charge in [-0.05, 0) is 96.0 Å². The highest BCUT2D eigenvalue weighted by Crippen LogP contribution is 2.43. The van der Waals surface area contributed by atoms with Crippen LogP contribution in [0.5, 0.6) is 0 Å². The molecular weight excluding hydrogens is 518 g/mol. The molecule has 1 N–H and O–H groups in total. The number of nitrogens with one attached hydrogen (secondary N) is 1. The van der Waals surface area contributed by atoms with Crippen molar-refractivity contribution in [3.8, 4) is 33.4 Å². The molecule has 8 rings (SSSR count). The van der Waals surface area contributed by atoms with Crippen molar-refractivity contribution in [2.45, 2.75) is 0 Å². The lowest BCUT2D eigenvalue weighted by molar-refractivity contribution is 1.53. The fourth-order valence-electron chi connectivity index (χ4n) is 6.34. The summed E-state index contributed by atoms with van der Waals surface area (Å²) in [4.78, 5) is 0. The van der Waals surface area contributed by atoms with Gasteiger partial charge in [-0.1, -0.05) is 140 Å². The van der Waals surface area contributed by atoms with Gasteiger partial charge in [0.05, 0.1) is 0 Å². The SMILES string of the molecule is c1ccc(-c2ccc(Nc3ccc(-c4ccc5ccccc5c4-c4cc5ccccc5c5ccccc45)cc3)cc2)cc1. The van der Waals surface area contributed by atoms with E-state index in [9.17, 15) is 0 Å². The Bertz CT molecular complexity index is 2230. The summed E-state index contributed by atoms with van der Waals surface area (Å²) in [5, 5.41) is 11.2. The van der Waals surface area contributed by atoms with E-state index in [-0.39, 0.29) is 0 Å². The first-order valence-electron chi connectivity index (χ1n) is 14.8. The lowest BCUT2D eigenvalue weighted by Gasteiger charge is -2.18. The average molecular weight is 548 g/mol. The maximum absolute atomic E-state index is 3.58. The molecule has 8 aromatic rings. The Balaban J connectivity index is 1.21. The number of fused-ring (bicyclic) bond motifs is 4. The maximum Gasteiger partial charge on any atom is 0.0384 e. The number of hydrogen-bond acceptors (Lipinski definition) is 1. The summed E-state index contributed by atoms with van der Waals surface area (Å²) in [6.45, 7) is 0. The molecule has 0 saturated heterocycles. The first kappa shape index (κ1) is 25.1. The van der Waals surface area contributed by atoms with E-state index in [4.69, 9.17) is 0 Å². The van der Waals surface area contributed by atoms with Crippen molar-refractivity contribution < 1.29 is 0 Å². The van der Waals surface area contributed by atoms with Crippen LogP contribution in [0, 0.1) is 0 Å². The number of hydrogen-bond donors (Lipinski definition) is 1. The van der Waals surface area contributed by atoms with E-state index in [1.54, 1.807) is 0 Å². The molecule has 202 valence electrons. The molecular formula is C42H29N. The van der Waals surface area contributed by atoms with Crippen molar-refractivity contribution in [3.63, 3.8) is 0 Å². The molecule has 43 heavy (non-hydrogen) atoms. The summed E-state index contributed by atoms with van der Waals surface area (Å²) in [5.41, 5.74) is 9.55. The van der Waals surface area contributed by atoms with E-state index in [0.717, 1.165) is 11.4 Å². The largest absolute Gasteiger partial charge is 0.356 e. The van der Waals surface area contributed by atoms with Gasteiger partial charge < -0.3 is 5.32 Å². The van der Waals surface area contributed by atoms with E-state index in [1.807, 2.05) is 6.07 Å². The van der Waals surface area contributed by atoms with Crippen LogP contribution in [0.2, 0.25) is 0 Å². The van der Waals surface area contributed by atoms with Crippen LogP contribution in [-0.2, 0) is 0 Å². The lowest BCUT2D eigenvalue weighted by Crippen LogP contribution is -1.92. The summed E-state index contributed by atoms with van der Waals surface area (Å²) in [6.07, 6.45) is 0. The van der Waals surface area contributed by atoms with Crippen LogP contribution in [0.4, 0.5) is 11.4 Å². The third kappa shape index (κ3) is 4.62. The molecule has 0 fully saturated rings. The van der Waals surface area contributed by atoms with Gasteiger partial charge >= 0.3 is 0 Å². The molecule has 0 aliphatic rings. The van der Waals surface area contributed by atoms with E-state index in [1.165, 1.54) is 65.7 Å². The summed E-state index contributed by atoms with van der Waals surface area (Å²) in [7, 11) is 0. The monoisotopic (exact) mass is 547 g/mol. The molecule has 0 aliphatic heterocycles. The van der Waals surface area contributed by atoms with Crippen LogP contribution >= 0.6 is 0 Å². The van der Waals surface area contributed by atoms with Gasteiger partial charge in [0, 0.05) is 11.4 Å². The Morgan fingerprint density at radius 3 is 1.56 bits per heavy atom. The molecule has 0 spiro atoms. The topological polar surface area (TPSA) is 12.0 Å². The molecule has 0 aromatic heterocycles. The molecule has 0 unspecified atom stereocenters. The zero-order valence-electron chi connectivity index (χ0n) is 23.7. The first-order chi connectivity index (χ1) is 21.3. The zero-order valence-corrected chi connectivity index (χ0v) is 23.7. The minimum atomic E-state index is 1.06. The van der Waals surface area contributed by atoms with Gasteiger partial charge in [-0.2, -0.15) is 0 Å². The van der Waals surface area contributed by atoms with E-state index >= 15 is 0 Å². The second-order valence-electron chi connectivity index (χ2n) is 11.0. The predicted octanol–water partition coefficient (Wildman–Crippen LogP) is 11.9. The van der Waals surface area contributed by atoms with Crippen molar-refractivity contribution in [3.05, 3.63) is 170 Å². The minimum absolute atomic E-state index is 1.06. The number of benzene rings is 8. The highest BCUT2D eigenvalue weighted by atomic mass is 14.9. The van der Waals surface area contributed by atoms with Gasteiger partial charge in [-0.15, -0.1) is 0 Å². The van der Waals surface area contributed by atoms with Crippen LogP contribution < -0.4 is 5.32 Å². The molecule has 0 aliphatic carbocycles. The lowest BCUT2D eigenvalue weighted by atomic mass is 9.86. The Morgan fingerprint density at radius 1 is 0.302 bits per heavy atom. The van der Waals surface area contributed by atoms with Gasteiger partial charge in [0.25, 0.3) is 0 Å². The average Bonchev–Trinajstić information content (AvgIpc) is 3.08. The fourth-order valence-corrected chi connectivity index (χ4v) is 6.34. The maximum atomic E-state index is 3.58. The second kappa shape index (κ2) is 10.6. The van der Waals surface area contributed by atoms with Crippen LogP contribution in [0.1, 0.15) is 0 Å². The van der Waals surface area contributed by atoms with Crippen molar-refractivity contribution in [1.29, 1.82) is 0 Å². The molecule has 0 bridgehead atoms. The molecule has 0 radical (unpaired) electrons. The molecule has 1 heteroatoms. The van der Waals surface area contributed by atoms with Gasteiger partial charge in [-0.25, -0.2) is 0 Å². The normalized spacial score (nSPS) is 11.3. The van der Waals surface area contributed by atoms with E-state index in [2.05, 4.69) is 169 Å². The Hall–Kier alpha value is -5.66. The second-order valence-corrected chi connectivity index (χ2v) is 11.0. The molecule has 8 aromatic carbocycles. The summed E-state index contributed by atoms with van der Waals surface area (Å²) in [5.74, 6) is 0. The Kier molecular flexibility index (Phi) is 6.20. The van der Waals surface area contributed by atoms with E-state index in [0.29, 0.717) is 0 Å². The smallest absolute Gasteiger partial charge is 0.0384 e. The highest BCUT2D eigenvalue weighted by Gasteiger charge is 2.16. The zero-order chi connectivity index (χ0) is 28.6. The Morgan fingerprint density at radius 2 is 0.837 bits per heavy atom. The van der Waals surface area contributed by atoms with Gasteiger partial charge in [-0.3, -0.25) is 0 Å². The van der Waals surface area contributed by atoms with Gasteiger partial charge in [0.15, 0.2) is 0 Å². The van der Waals surface area contributed by atoms with Crippen molar-refractivity contribution in [1.82, 2.24) is 0 Å². The first-order valence-corrected chi connectivity index (χ1v) is 14.8. The predicted molar refractivity (Wildman–Crippen MR) is 185 cm³/mol. The van der Waals surface area contributed by atoms with Gasteiger partial charge in [0.1, 0.15) is 0 Å². The van der Waals surface area contributed by atoms with Crippen molar-refractivity contribution in [2.24, 2.45) is 0 Å². The summed E-state index contributed by atoms with van der Waals surface area (Å²) in [6, 6.07) is 61.1. The van der Waals surface area contributed by atoms with Crippen molar-refractivity contribution >= 4 is 43.7 Å². The molecule has 0 amide bonds. The summed E-state index contributed by atoms with van der Waals surface area (Å²) < 4.78 is 0. The fraction of sp³-hybridized carbons (Fsp3) is 0. The third-order valence-electron chi connectivity index (χ3n) is 8.44. The van der Waals surface area contributed by atoms with Crippen LogP contribution in [0.25, 0.3) is 65.7 Å². The summed E-state index contributed by atoms with van der Waals surface area (Å²) >= 11 is 0. The van der Waals surface area contributed by atoms with E-state index < -0.39 is 0 Å². The molecule has 1 nitrogen and oxygen atoms in total. The van der Waals surface area contributed by atoms with Crippen LogP contribution in [0.15, 0.2) is 170 Å². The standard InChI is InChI=1S/C42H29N/c1-2-10-29(11-3-1)30-18-23-34(24-19-30)43-35-25-20-32(21-26-35)38-27-22-31-12-4-7-15-37(31)42(38)41-28-33-13-5-6-14-36(33)39-16-8-9-17-40(39)41/h1-28,43H. The third-order valence-corrected chi connectivity index (χ3v) is 8.44. The number of rotatable bonds is 5. The molecule has 0 heterocycles. The molecule has 0 atom stereocenters. The minimum Gasteiger partial charge on any atom is -0.356 e. The highest BCUT2D eigenvalue weighted by molar-refractivity contribution is 6.18.